The average Bonchev–Trinajstić information content (AvgIpc) is 2.26. The normalized spacial score (nSPS) is 11.1. The number of para-hydroxylation sites is 1. The molecule has 0 aliphatic heterocycles. The Morgan fingerprint density at radius 2 is 1.94 bits per heavy atom. The van der Waals surface area contributed by atoms with Crippen molar-refractivity contribution in [2.24, 2.45) is 0 Å². The Labute approximate surface area is 108 Å². The first-order chi connectivity index (χ1) is 8.42. The van der Waals surface area contributed by atoms with Gasteiger partial charge in [-0.3, -0.25) is 0 Å². The highest BCUT2D eigenvalue weighted by molar-refractivity contribution is 5.71. The zero-order valence-electron chi connectivity index (χ0n) is 11.4. The van der Waals surface area contributed by atoms with Gasteiger partial charge in [-0.2, -0.15) is 0 Å². The van der Waals surface area contributed by atoms with Gasteiger partial charge in [-0.1, -0.05) is 18.2 Å². The van der Waals surface area contributed by atoms with E-state index in [-0.39, 0.29) is 12.6 Å². The van der Waals surface area contributed by atoms with Crippen molar-refractivity contribution in [3.05, 3.63) is 29.8 Å². The van der Waals surface area contributed by atoms with E-state index in [1.807, 2.05) is 52.1 Å². The van der Waals surface area contributed by atoms with Gasteiger partial charge in [0.15, 0.2) is 6.61 Å². The maximum Gasteiger partial charge on any atom is 0.344 e. The van der Waals surface area contributed by atoms with Crippen molar-refractivity contribution in [3.8, 4) is 5.75 Å². The lowest BCUT2D eigenvalue weighted by molar-refractivity contribution is -0.157. The van der Waals surface area contributed by atoms with E-state index < -0.39 is 5.60 Å². The molecule has 0 bridgehead atoms. The maximum absolute atomic E-state index is 11.5. The van der Waals surface area contributed by atoms with Crippen LogP contribution in [0.15, 0.2) is 24.3 Å². The Morgan fingerprint density at radius 3 is 2.56 bits per heavy atom. The van der Waals surface area contributed by atoms with Gasteiger partial charge in [0, 0.05) is 12.1 Å². The monoisotopic (exact) mass is 251 g/mol. The third-order valence-electron chi connectivity index (χ3n) is 2.11. The standard InChI is InChI=1S/C14H21NO3/c1-14(2,3)18-13(16)10-17-12-8-6-5-7-11(12)9-15-4/h5-8,15H,9-10H2,1-4H3. The number of esters is 1. The lowest BCUT2D eigenvalue weighted by atomic mass is 10.2. The van der Waals surface area contributed by atoms with Crippen LogP contribution in [-0.4, -0.2) is 25.2 Å². The molecule has 1 rings (SSSR count). The third-order valence-corrected chi connectivity index (χ3v) is 2.11. The zero-order valence-corrected chi connectivity index (χ0v) is 11.4. The van der Waals surface area contributed by atoms with Crippen LogP contribution in [0.4, 0.5) is 0 Å². The van der Waals surface area contributed by atoms with Crippen LogP contribution in [0.3, 0.4) is 0 Å². The Bertz CT molecular complexity index is 396. The molecule has 0 aromatic heterocycles. The summed E-state index contributed by atoms with van der Waals surface area (Å²) in [6.07, 6.45) is 0. The van der Waals surface area contributed by atoms with Crippen molar-refractivity contribution in [2.75, 3.05) is 13.7 Å². The minimum atomic E-state index is -0.481. The van der Waals surface area contributed by atoms with Crippen molar-refractivity contribution >= 4 is 5.97 Å². The van der Waals surface area contributed by atoms with Crippen LogP contribution in [0.25, 0.3) is 0 Å². The highest BCUT2D eigenvalue weighted by atomic mass is 16.6. The molecule has 0 aliphatic carbocycles. The van der Waals surface area contributed by atoms with Crippen molar-refractivity contribution in [2.45, 2.75) is 32.9 Å². The fourth-order valence-corrected chi connectivity index (χ4v) is 1.49. The van der Waals surface area contributed by atoms with E-state index in [4.69, 9.17) is 9.47 Å². The van der Waals surface area contributed by atoms with Crippen LogP contribution >= 0.6 is 0 Å². The van der Waals surface area contributed by atoms with Gasteiger partial charge in [-0.25, -0.2) is 4.79 Å². The van der Waals surface area contributed by atoms with Crippen LogP contribution < -0.4 is 10.1 Å². The Kier molecular flexibility index (Phi) is 5.16. The lowest BCUT2D eigenvalue weighted by Gasteiger charge is -2.19. The largest absolute Gasteiger partial charge is 0.482 e. The van der Waals surface area contributed by atoms with Gasteiger partial charge in [0.2, 0.25) is 0 Å². The van der Waals surface area contributed by atoms with E-state index in [0.717, 1.165) is 5.56 Å². The molecule has 0 spiro atoms. The number of ether oxygens (including phenoxy) is 2. The Balaban J connectivity index is 2.55. The highest BCUT2D eigenvalue weighted by Gasteiger charge is 2.16. The number of hydrogen-bond acceptors (Lipinski definition) is 4. The summed E-state index contributed by atoms with van der Waals surface area (Å²) in [7, 11) is 1.87. The van der Waals surface area contributed by atoms with E-state index in [1.165, 1.54) is 0 Å². The van der Waals surface area contributed by atoms with E-state index in [2.05, 4.69) is 5.32 Å². The molecular weight excluding hydrogens is 230 g/mol. The first kappa shape index (κ1) is 14.5. The number of carbonyl (C=O) groups is 1. The number of hydrogen-bond donors (Lipinski definition) is 1. The second kappa shape index (κ2) is 6.40. The van der Waals surface area contributed by atoms with E-state index >= 15 is 0 Å². The third kappa shape index (κ3) is 5.19. The molecule has 0 amide bonds. The molecule has 4 heteroatoms. The fraction of sp³-hybridized carbons (Fsp3) is 0.500. The number of benzene rings is 1. The fourth-order valence-electron chi connectivity index (χ4n) is 1.49. The van der Waals surface area contributed by atoms with Gasteiger partial charge in [0.05, 0.1) is 0 Å². The summed E-state index contributed by atoms with van der Waals surface area (Å²) in [5, 5.41) is 3.05. The summed E-state index contributed by atoms with van der Waals surface area (Å²) in [6.45, 7) is 6.13. The van der Waals surface area contributed by atoms with Crippen LogP contribution in [0.1, 0.15) is 26.3 Å². The van der Waals surface area contributed by atoms with E-state index in [1.54, 1.807) is 0 Å². The molecule has 0 heterocycles. The average molecular weight is 251 g/mol. The number of rotatable bonds is 5. The Morgan fingerprint density at radius 1 is 1.28 bits per heavy atom. The predicted molar refractivity (Wildman–Crippen MR) is 70.5 cm³/mol. The molecule has 0 saturated heterocycles. The summed E-state index contributed by atoms with van der Waals surface area (Å²) in [5.41, 5.74) is 0.536. The molecule has 0 atom stereocenters. The van der Waals surface area contributed by atoms with Gasteiger partial charge in [0.25, 0.3) is 0 Å². The molecule has 100 valence electrons. The van der Waals surface area contributed by atoms with Crippen molar-refractivity contribution in [1.29, 1.82) is 0 Å². The minimum Gasteiger partial charge on any atom is -0.482 e. The number of nitrogens with one attached hydrogen (secondary N) is 1. The molecule has 0 aliphatic rings. The maximum atomic E-state index is 11.5. The second-order valence-electron chi connectivity index (χ2n) is 5.01. The molecule has 1 N–H and O–H groups in total. The van der Waals surface area contributed by atoms with Crippen molar-refractivity contribution in [1.82, 2.24) is 5.32 Å². The van der Waals surface area contributed by atoms with Crippen LogP contribution in [-0.2, 0) is 16.1 Å². The topological polar surface area (TPSA) is 47.6 Å². The van der Waals surface area contributed by atoms with Gasteiger partial charge in [-0.05, 0) is 33.9 Å². The van der Waals surface area contributed by atoms with Gasteiger partial charge in [0.1, 0.15) is 11.4 Å². The first-order valence-electron chi connectivity index (χ1n) is 5.99. The summed E-state index contributed by atoms with van der Waals surface area (Å²) in [5.74, 6) is 0.347. The zero-order chi connectivity index (χ0) is 13.6. The minimum absolute atomic E-state index is 0.0714. The van der Waals surface area contributed by atoms with Crippen molar-refractivity contribution < 1.29 is 14.3 Å². The molecule has 1 aromatic rings. The van der Waals surface area contributed by atoms with Gasteiger partial charge in [-0.15, -0.1) is 0 Å². The van der Waals surface area contributed by atoms with E-state index in [9.17, 15) is 4.79 Å². The molecule has 0 fully saturated rings. The highest BCUT2D eigenvalue weighted by Crippen LogP contribution is 2.17. The molecule has 0 radical (unpaired) electrons. The predicted octanol–water partition coefficient (Wildman–Crippen LogP) is 2.13. The summed E-state index contributed by atoms with van der Waals surface area (Å²) < 4.78 is 10.7. The summed E-state index contributed by atoms with van der Waals surface area (Å²) in [6, 6.07) is 7.62. The van der Waals surface area contributed by atoms with Crippen LogP contribution in [0.2, 0.25) is 0 Å². The molecule has 1 aromatic carbocycles. The van der Waals surface area contributed by atoms with Crippen LogP contribution in [0.5, 0.6) is 5.75 Å². The molecule has 0 unspecified atom stereocenters. The molecule has 18 heavy (non-hydrogen) atoms. The summed E-state index contributed by atoms with van der Waals surface area (Å²) >= 11 is 0. The molecular formula is C14H21NO3. The molecule has 0 saturated carbocycles. The second-order valence-corrected chi connectivity index (χ2v) is 5.01. The number of carbonyl (C=O) groups excluding carboxylic acids is 1. The quantitative estimate of drug-likeness (QED) is 0.814. The van der Waals surface area contributed by atoms with Crippen LogP contribution in [0, 0.1) is 0 Å². The summed E-state index contributed by atoms with van der Waals surface area (Å²) in [4.78, 5) is 11.5. The first-order valence-corrected chi connectivity index (χ1v) is 5.99. The lowest BCUT2D eigenvalue weighted by Crippen LogP contribution is -2.27. The van der Waals surface area contributed by atoms with Crippen molar-refractivity contribution in [3.63, 3.8) is 0 Å². The smallest absolute Gasteiger partial charge is 0.344 e. The van der Waals surface area contributed by atoms with Gasteiger partial charge >= 0.3 is 5.97 Å². The SMILES string of the molecule is CNCc1ccccc1OCC(=O)OC(C)(C)C. The molecule has 4 nitrogen and oxygen atoms in total. The van der Waals surface area contributed by atoms with Gasteiger partial charge < -0.3 is 14.8 Å². The Hall–Kier alpha value is -1.55. The van der Waals surface area contributed by atoms with E-state index in [0.29, 0.717) is 12.3 Å².